The summed E-state index contributed by atoms with van der Waals surface area (Å²) in [6.45, 7) is 5.77. The van der Waals surface area contributed by atoms with Crippen molar-refractivity contribution in [2.24, 2.45) is 0 Å². The number of benzene rings is 2. The van der Waals surface area contributed by atoms with Gasteiger partial charge < -0.3 is 14.9 Å². The third-order valence-corrected chi connectivity index (χ3v) is 4.51. The van der Waals surface area contributed by atoms with Gasteiger partial charge in [0.05, 0.1) is 10.6 Å². The van der Waals surface area contributed by atoms with Crippen LogP contribution >= 0.6 is 23.2 Å². The van der Waals surface area contributed by atoms with Crippen LogP contribution in [0.15, 0.2) is 35.2 Å². The lowest BCUT2D eigenvalue weighted by atomic mass is 10.2. The molecule has 3 N–H and O–H groups in total. The molecule has 2 rings (SSSR count). The number of hydrogen-bond donors (Lipinski definition) is 3. The number of phenols is 1. The maximum absolute atomic E-state index is 12.4. The standard InChI is InChI=1S/C14H11Cl2NO4S.C2H6/c1-7-4-9(15)2-3-11(7)17-22(21)12-6-8(14(19)20)5-10(16)13(12)18;1-2/h2-6,17-18H,1H3,(H,19,20);1-2H3. The number of carboxylic acids is 1. The van der Waals surface area contributed by atoms with E-state index in [1.165, 1.54) is 0 Å². The van der Waals surface area contributed by atoms with E-state index in [9.17, 15) is 14.1 Å². The Bertz CT molecular complexity index is 781. The molecule has 0 aliphatic rings. The van der Waals surface area contributed by atoms with Crippen molar-refractivity contribution < 1.29 is 19.2 Å². The second-order valence-electron chi connectivity index (χ2n) is 4.44. The number of aromatic carboxylic acids is 1. The highest BCUT2D eigenvalue weighted by Crippen LogP contribution is 2.32. The van der Waals surface area contributed by atoms with E-state index in [1.807, 2.05) is 13.8 Å². The molecule has 0 saturated heterocycles. The van der Waals surface area contributed by atoms with Crippen LogP contribution in [0.3, 0.4) is 0 Å². The van der Waals surface area contributed by atoms with E-state index in [4.69, 9.17) is 28.3 Å². The Morgan fingerprint density at radius 1 is 1.17 bits per heavy atom. The van der Waals surface area contributed by atoms with Crippen molar-refractivity contribution in [3.63, 3.8) is 0 Å². The topological polar surface area (TPSA) is 86.6 Å². The highest BCUT2D eigenvalue weighted by molar-refractivity contribution is 7.86. The molecule has 2 aromatic rings. The first-order valence-corrected chi connectivity index (χ1v) is 8.90. The van der Waals surface area contributed by atoms with E-state index >= 15 is 0 Å². The van der Waals surface area contributed by atoms with Crippen LogP contribution in [0.5, 0.6) is 5.75 Å². The summed E-state index contributed by atoms with van der Waals surface area (Å²) >= 11 is 11.6. The van der Waals surface area contributed by atoms with Crippen LogP contribution in [-0.4, -0.2) is 20.4 Å². The molecular formula is C16H17Cl2NO4S. The van der Waals surface area contributed by atoms with Crippen LogP contribution in [0, 0.1) is 6.92 Å². The summed E-state index contributed by atoms with van der Waals surface area (Å²) in [6, 6.07) is 7.14. The Balaban J connectivity index is 0.00000139. The number of nitrogens with one attached hydrogen (secondary N) is 1. The third kappa shape index (κ3) is 4.87. The van der Waals surface area contributed by atoms with Gasteiger partial charge in [0, 0.05) is 10.7 Å². The maximum Gasteiger partial charge on any atom is 0.335 e. The smallest absolute Gasteiger partial charge is 0.335 e. The first kappa shape index (κ1) is 20.3. The van der Waals surface area contributed by atoms with Crippen LogP contribution in [0.25, 0.3) is 0 Å². The van der Waals surface area contributed by atoms with Crippen LogP contribution in [-0.2, 0) is 11.0 Å². The van der Waals surface area contributed by atoms with Crippen molar-refractivity contribution in [1.82, 2.24) is 0 Å². The van der Waals surface area contributed by atoms with Crippen molar-refractivity contribution >= 4 is 45.8 Å². The molecule has 0 bridgehead atoms. The quantitative estimate of drug-likeness (QED) is 0.695. The lowest BCUT2D eigenvalue weighted by molar-refractivity contribution is 0.0696. The van der Waals surface area contributed by atoms with E-state index in [1.54, 1.807) is 25.1 Å². The van der Waals surface area contributed by atoms with Crippen LogP contribution in [0.1, 0.15) is 29.8 Å². The fraction of sp³-hybridized carbons (Fsp3) is 0.188. The normalized spacial score (nSPS) is 11.2. The molecule has 0 aliphatic heterocycles. The minimum absolute atomic E-state index is 0.112. The molecule has 0 radical (unpaired) electrons. The molecule has 0 spiro atoms. The lowest BCUT2D eigenvalue weighted by Gasteiger charge is -2.11. The second kappa shape index (κ2) is 8.92. The molecule has 1 atom stereocenters. The molecule has 0 saturated carbocycles. The van der Waals surface area contributed by atoms with Crippen molar-refractivity contribution in [3.05, 3.63) is 51.5 Å². The van der Waals surface area contributed by atoms with E-state index in [2.05, 4.69) is 4.72 Å². The summed E-state index contributed by atoms with van der Waals surface area (Å²) < 4.78 is 15.0. The number of carbonyl (C=O) groups is 1. The van der Waals surface area contributed by atoms with Crippen molar-refractivity contribution in [1.29, 1.82) is 0 Å². The fourth-order valence-electron chi connectivity index (χ4n) is 1.74. The van der Waals surface area contributed by atoms with Gasteiger partial charge in [-0.2, -0.15) is 0 Å². The molecule has 0 amide bonds. The predicted molar refractivity (Wildman–Crippen MR) is 97.6 cm³/mol. The van der Waals surface area contributed by atoms with Gasteiger partial charge in [0.2, 0.25) is 0 Å². The van der Waals surface area contributed by atoms with Crippen LogP contribution in [0.2, 0.25) is 10.0 Å². The summed E-state index contributed by atoms with van der Waals surface area (Å²) in [5.41, 5.74) is 1.13. The summed E-state index contributed by atoms with van der Waals surface area (Å²) in [5.74, 6) is -1.66. The predicted octanol–water partition coefficient (Wildman–Crippen LogP) is 4.87. The SMILES string of the molecule is CC.Cc1cc(Cl)ccc1NS(=O)c1cc(C(=O)O)cc(Cl)c1O. The summed E-state index contributed by atoms with van der Waals surface area (Å²) in [4.78, 5) is 10.9. The Labute approximate surface area is 152 Å². The van der Waals surface area contributed by atoms with Gasteiger partial charge in [0.25, 0.3) is 0 Å². The largest absolute Gasteiger partial charge is 0.505 e. The Morgan fingerprint density at radius 2 is 1.79 bits per heavy atom. The number of hydrogen-bond acceptors (Lipinski definition) is 3. The summed E-state index contributed by atoms with van der Waals surface area (Å²) in [5, 5.41) is 19.2. The molecule has 0 fully saturated rings. The number of anilines is 1. The zero-order valence-electron chi connectivity index (χ0n) is 13.3. The van der Waals surface area contributed by atoms with Crippen molar-refractivity contribution in [2.75, 3.05) is 4.72 Å². The molecule has 0 aliphatic carbocycles. The molecule has 8 heteroatoms. The molecule has 2 aromatic carbocycles. The van der Waals surface area contributed by atoms with E-state index in [-0.39, 0.29) is 15.5 Å². The fourth-order valence-corrected chi connectivity index (χ4v) is 3.30. The van der Waals surface area contributed by atoms with Gasteiger partial charge in [0.15, 0.2) is 16.7 Å². The molecule has 130 valence electrons. The number of aryl methyl sites for hydroxylation is 1. The van der Waals surface area contributed by atoms with Crippen molar-refractivity contribution in [2.45, 2.75) is 25.7 Å². The first-order chi connectivity index (χ1) is 11.3. The second-order valence-corrected chi connectivity index (χ2v) is 6.47. The Kier molecular flexibility index (Phi) is 7.54. The first-order valence-electron chi connectivity index (χ1n) is 7.00. The van der Waals surface area contributed by atoms with Gasteiger partial charge in [0.1, 0.15) is 4.90 Å². The summed E-state index contributed by atoms with van der Waals surface area (Å²) in [7, 11) is -1.89. The number of rotatable bonds is 4. The Morgan fingerprint density at radius 3 is 2.33 bits per heavy atom. The average Bonchev–Trinajstić information content (AvgIpc) is 2.54. The highest BCUT2D eigenvalue weighted by Gasteiger charge is 2.18. The number of aromatic hydroxyl groups is 1. The van der Waals surface area contributed by atoms with Crippen LogP contribution in [0.4, 0.5) is 5.69 Å². The number of carboxylic acid groups (broad SMARTS) is 1. The number of halogens is 2. The minimum Gasteiger partial charge on any atom is -0.505 e. The van der Waals surface area contributed by atoms with Gasteiger partial charge in [-0.1, -0.05) is 37.0 Å². The molecule has 0 heterocycles. The lowest BCUT2D eigenvalue weighted by Crippen LogP contribution is -2.08. The third-order valence-electron chi connectivity index (χ3n) is 2.87. The monoisotopic (exact) mass is 389 g/mol. The van der Waals surface area contributed by atoms with Gasteiger partial charge >= 0.3 is 5.97 Å². The summed E-state index contributed by atoms with van der Waals surface area (Å²) in [6.07, 6.45) is 0. The highest BCUT2D eigenvalue weighted by atomic mass is 35.5. The Hall–Kier alpha value is -1.76. The molecular weight excluding hydrogens is 373 g/mol. The van der Waals surface area contributed by atoms with Crippen LogP contribution < -0.4 is 4.72 Å². The van der Waals surface area contributed by atoms with Gasteiger partial charge in [-0.05, 0) is 42.8 Å². The van der Waals surface area contributed by atoms with Crippen molar-refractivity contribution in [3.8, 4) is 5.75 Å². The molecule has 1 unspecified atom stereocenters. The zero-order chi connectivity index (χ0) is 18.4. The number of phenolic OH excluding ortho intramolecular Hbond substituents is 1. The van der Waals surface area contributed by atoms with Gasteiger partial charge in [-0.3, -0.25) is 0 Å². The minimum atomic E-state index is -1.89. The average molecular weight is 390 g/mol. The van der Waals surface area contributed by atoms with Gasteiger partial charge in [-0.15, -0.1) is 0 Å². The molecule has 5 nitrogen and oxygen atoms in total. The maximum atomic E-state index is 12.4. The van der Waals surface area contributed by atoms with Gasteiger partial charge in [-0.25, -0.2) is 9.00 Å². The van der Waals surface area contributed by atoms with E-state index in [0.29, 0.717) is 10.7 Å². The molecule has 0 aromatic heterocycles. The zero-order valence-corrected chi connectivity index (χ0v) is 15.6. The van der Waals surface area contributed by atoms with E-state index < -0.39 is 22.7 Å². The van der Waals surface area contributed by atoms with E-state index in [0.717, 1.165) is 17.7 Å². The molecule has 24 heavy (non-hydrogen) atoms.